The molecule has 1 amide bonds. The van der Waals surface area contributed by atoms with Crippen molar-refractivity contribution in [3.63, 3.8) is 0 Å². The molecule has 1 aromatic heterocycles. The van der Waals surface area contributed by atoms with Crippen LogP contribution < -0.4 is 19.9 Å². The monoisotopic (exact) mass is 462 g/mol. The highest BCUT2D eigenvalue weighted by molar-refractivity contribution is 6.07. The van der Waals surface area contributed by atoms with Gasteiger partial charge >= 0.3 is 5.97 Å². The van der Waals surface area contributed by atoms with Crippen molar-refractivity contribution in [3.05, 3.63) is 58.8 Å². The number of nitrogens with two attached hydrogens (primary N) is 1. The minimum absolute atomic E-state index is 0.419. The van der Waals surface area contributed by atoms with Gasteiger partial charge in [-0.25, -0.2) is 9.78 Å². The molecule has 1 aliphatic rings. The van der Waals surface area contributed by atoms with Gasteiger partial charge in [-0.2, -0.15) is 0 Å². The normalized spacial score (nSPS) is 14.5. The summed E-state index contributed by atoms with van der Waals surface area (Å²) >= 11 is 0. The molecule has 4 rings (SSSR count). The fraction of sp³-hybridized carbons (Fsp3) is 0.269. The Morgan fingerprint density at radius 2 is 1.71 bits per heavy atom. The number of rotatable bonds is 7. The number of para-hydroxylation sites is 1. The Morgan fingerprint density at radius 1 is 1.03 bits per heavy atom. The zero-order valence-corrected chi connectivity index (χ0v) is 19.5. The molecule has 176 valence electrons. The van der Waals surface area contributed by atoms with Crippen LogP contribution in [0.2, 0.25) is 0 Å². The quantitative estimate of drug-likeness (QED) is 0.532. The molecule has 1 aliphatic carbocycles. The average molecular weight is 463 g/mol. The standard InChI is InChI=1S/C26H26N2O6/c1-14(25(27)29)34-26(30)22-17-7-5-6-8-19(17)28-23-16(9-10-18(22)23)11-15-12-20(31-2)24(33-4)21(13-15)32-3/h5-8,11-14H,9-10H2,1-4H3,(H2,27,29)/b16-11+. The first kappa shape index (κ1) is 23.1. The third-order valence-corrected chi connectivity index (χ3v) is 5.86. The van der Waals surface area contributed by atoms with Crippen molar-refractivity contribution in [3.8, 4) is 17.2 Å². The van der Waals surface area contributed by atoms with Crippen molar-refractivity contribution >= 4 is 34.4 Å². The van der Waals surface area contributed by atoms with Crippen LogP contribution in [0.15, 0.2) is 36.4 Å². The fourth-order valence-electron chi connectivity index (χ4n) is 4.18. The number of nitrogens with zero attached hydrogens (tertiary/aromatic N) is 1. The van der Waals surface area contributed by atoms with Gasteiger partial charge in [0.2, 0.25) is 5.75 Å². The van der Waals surface area contributed by atoms with Crippen LogP contribution in [0.25, 0.3) is 22.6 Å². The van der Waals surface area contributed by atoms with Crippen molar-refractivity contribution in [1.82, 2.24) is 4.98 Å². The van der Waals surface area contributed by atoms with E-state index < -0.39 is 18.0 Å². The molecule has 0 fully saturated rings. The van der Waals surface area contributed by atoms with Gasteiger partial charge in [0.05, 0.1) is 38.1 Å². The number of hydrogen-bond donors (Lipinski definition) is 1. The zero-order chi connectivity index (χ0) is 24.4. The Balaban J connectivity index is 1.85. The Hall–Kier alpha value is -4.07. The molecule has 1 atom stereocenters. The summed E-state index contributed by atoms with van der Waals surface area (Å²) in [5.41, 5.74) is 9.71. The van der Waals surface area contributed by atoms with Crippen molar-refractivity contribution in [2.24, 2.45) is 5.73 Å². The van der Waals surface area contributed by atoms with E-state index in [0.717, 1.165) is 22.4 Å². The third kappa shape index (κ3) is 4.14. The van der Waals surface area contributed by atoms with Gasteiger partial charge in [-0.05, 0) is 60.7 Å². The SMILES string of the molecule is COc1cc(/C=C2\CCc3c2nc2ccccc2c3C(=O)OC(C)C(N)=O)cc(OC)c1OC. The van der Waals surface area contributed by atoms with E-state index in [9.17, 15) is 9.59 Å². The van der Waals surface area contributed by atoms with Crippen LogP contribution in [-0.2, 0) is 16.0 Å². The molecule has 0 bridgehead atoms. The molecule has 8 heteroatoms. The maximum atomic E-state index is 13.1. The second-order valence-corrected chi connectivity index (χ2v) is 7.91. The van der Waals surface area contributed by atoms with E-state index in [1.165, 1.54) is 6.92 Å². The largest absolute Gasteiger partial charge is 0.493 e. The first-order valence-electron chi connectivity index (χ1n) is 10.8. The lowest BCUT2D eigenvalue weighted by molar-refractivity contribution is -0.125. The number of amides is 1. The molecule has 0 aliphatic heterocycles. The van der Waals surface area contributed by atoms with E-state index in [4.69, 9.17) is 29.7 Å². The highest BCUT2D eigenvalue weighted by Gasteiger charge is 2.29. The maximum Gasteiger partial charge on any atom is 0.339 e. The predicted octanol–water partition coefficient (Wildman–Crippen LogP) is 3.78. The zero-order valence-electron chi connectivity index (χ0n) is 19.5. The van der Waals surface area contributed by atoms with Crippen LogP contribution in [0.1, 0.15) is 40.5 Å². The molecule has 2 aromatic carbocycles. The molecule has 34 heavy (non-hydrogen) atoms. The van der Waals surface area contributed by atoms with Crippen LogP contribution in [0.5, 0.6) is 17.2 Å². The van der Waals surface area contributed by atoms with Crippen LogP contribution in [0.4, 0.5) is 0 Å². The lowest BCUT2D eigenvalue weighted by atomic mass is 10.0. The Kier molecular flexibility index (Phi) is 6.40. The van der Waals surface area contributed by atoms with Gasteiger partial charge in [0.1, 0.15) is 0 Å². The number of hydrogen-bond acceptors (Lipinski definition) is 7. The van der Waals surface area contributed by atoms with Gasteiger partial charge in [0.15, 0.2) is 17.6 Å². The van der Waals surface area contributed by atoms with E-state index in [0.29, 0.717) is 46.6 Å². The molecular weight excluding hydrogens is 436 g/mol. The number of carbonyl (C=O) groups is 2. The highest BCUT2D eigenvalue weighted by atomic mass is 16.5. The average Bonchev–Trinajstić information content (AvgIpc) is 3.23. The van der Waals surface area contributed by atoms with Crippen molar-refractivity contribution < 1.29 is 28.5 Å². The first-order chi connectivity index (χ1) is 16.4. The van der Waals surface area contributed by atoms with Gasteiger partial charge in [0, 0.05) is 5.39 Å². The second kappa shape index (κ2) is 9.43. The fourth-order valence-corrected chi connectivity index (χ4v) is 4.18. The van der Waals surface area contributed by atoms with E-state index in [1.54, 1.807) is 21.3 Å². The maximum absolute atomic E-state index is 13.1. The lowest BCUT2D eigenvalue weighted by Crippen LogP contribution is -2.30. The summed E-state index contributed by atoms with van der Waals surface area (Å²) < 4.78 is 21.7. The molecule has 3 aromatic rings. The number of benzene rings is 2. The number of methoxy groups -OCH3 is 3. The summed E-state index contributed by atoms with van der Waals surface area (Å²) in [7, 11) is 4.69. The van der Waals surface area contributed by atoms with Crippen LogP contribution in [0, 0.1) is 0 Å². The lowest BCUT2D eigenvalue weighted by Gasteiger charge is -2.15. The molecular formula is C26H26N2O6. The number of pyridine rings is 1. The van der Waals surface area contributed by atoms with Crippen LogP contribution in [0.3, 0.4) is 0 Å². The summed E-state index contributed by atoms with van der Waals surface area (Å²) in [6.45, 7) is 1.46. The number of fused-ring (bicyclic) bond motifs is 2. The first-order valence-corrected chi connectivity index (χ1v) is 10.8. The summed E-state index contributed by atoms with van der Waals surface area (Å²) in [6.07, 6.45) is 2.25. The number of aromatic nitrogens is 1. The predicted molar refractivity (Wildman–Crippen MR) is 128 cm³/mol. The number of esters is 1. The summed E-state index contributed by atoms with van der Waals surface area (Å²) in [4.78, 5) is 29.4. The highest BCUT2D eigenvalue weighted by Crippen LogP contribution is 2.41. The molecule has 1 heterocycles. The smallest absolute Gasteiger partial charge is 0.339 e. The van der Waals surface area contributed by atoms with Gasteiger partial charge < -0.3 is 24.7 Å². The van der Waals surface area contributed by atoms with Crippen molar-refractivity contribution in [1.29, 1.82) is 0 Å². The molecule has 0 saturated carbocycles. The minimum atomic E-state index is -1.04. The van der Waals surface area contributed by atoms with Gasteiger partial charge in [0.25, 0.3) is 5.91 Å². The summed E-state index contributed by atoms with van der Waals surface area (Å²) in [5, 5.41) is 0.678. The Labute approximate surface area is 197 Å². The van der Waals surface area contributed by atoms with E-state index in [2.05, 4.69) is 0 Å². The Bertz CT molecular complexity index is 1290. The minimum Gasteiger partial charge on any atom is -0.493 e. The third-order valence-electron chi connectivity index (χ3n) is 5.86. The van der Waals surface area contributed by atoms with Gasteiger partial charge in [-0.1, -0.05) is 18.2 Å². The van der Waals surface area contributed by atoms with Crippen molar-refractivity contribution in [2.75, 3.05) is 21.3 Å². The topological polar surface area (TPSA) is 110 Å². The molecule has 0 radical (unpaired) electrons. The molecule has 0 spiro atoms. The van der Waals surface area contributed by atoms with Crippen LogP contribution in [-0.4, -0.2) is 44.3 Å². The molecule has 1 unspecified atom stereocenters. The number of carbonyl (C=O) groups excluding carboxylic acids is 2. The van der Waals surface area contributed by atoms with E-state index in [1.807, 2.05) is 42.5 Å². The van der Waals surface area contributed by atoms with E-state index in [-0.39, 0.29) is 0 Å². The molecule has 8 nitrogen and oxygen atoms in total. The number of primary amides is 1. The molecule has 2 N–H and O–H groups in total. The summed E-state index contributed by atoms with van der Waals surface area (Å²) in [5.74, 6) is 0.310. The second-order valence-electron chi connectivity index (χ2n) is 7.91. The summed E-state index contributed by atoms with van der Waals surface area (Å²) in [6, 6.07) is 11.1. The van der Waals surface area contributed by atoms with Crippen molar-refractivity contribution in [2.45, 2.75) is 25.9 Å². The van der Waals surface area contributed by atoms with E-state index >= 15 is 0 Å². The number of ether oxygens (including phenoxy) is 4. The van der Waals surface area contributed by atoms with Gasteiger partial charge in [-0.15, -0.1) is 0 Å². The molecule has 0 saturated heterocycles. The Morgan fingerprint density at radius 3 is 2.32 bits per heavy atom. The number of allylic oxidation sites excluding steroid dienone is 1. The van der Waals surface area contributed by atoms with Gasteiger partial charge in [-0.3, -0.25) is 4.79 Å². The van der Waals surface area contributed by atoms with Crippen LogP contribution >= 0.6 is 0 Å².